The molecule has 0 bridgehead atoms. The lowest BCUT2D eigenvalue weighted by Gasteiger charge is -2.31. The Morgan fingerprint density at radius 3 is 1.37 bits per heavy atom. The minimum atomic E-state index is 0.357. The maximum Gasteiger partial charge on any atom is 0.136 e. The zero-order chi connectivity index (χ0) is 35.5. The average molecular weight is 679 g/mol. The van der Waals surface area contributed by atoms with Gasteiger partial charge in [-0.1, -0.05) is 192 Å². The van der Waals surface area contributed by atoms with E-state index in [1.807, 2.05) is 0 Å². The molecule has 1 aliphatic carbocycles. The summed E-state index contributed by atoms with van der Waals surface area (Å²) < 4.78 is 0. The quantitative estimate of drug-likeness (QED) is 0.0489. The second kappa shape index (κ2) is 35.1. The first-order valence-corrected chi connectivity index (χ1v) is 22.2. The van der Waals surface area contributed by atoms with Crippen molar-refractivity contribution in [1.29, 1.82) is 0 Å². The molecule has 49 heavy (non-hydrogen) atoms. The van der Waals surface area contributed by atoms with E-state index in [-0.39, 0.29) is 0 Å². The van der Waals surface area contributed by atoms with Crippen molar-refractivity contribution >= 4 is 5.78 Å². The zero-order valence-electron chi connectivity index (χ0n) is 33.8. The van der Waals surface area contributed by atoms with Crippen LogP contribution in [-0.2, 0) is 4.79 Å². The van der Waals surface area contributed by atoms with Crippen molar-refractivity contribution in [3.63, 3.8) is 0 Å². The Morgan fingerprint density at radius 2 is 0.939 bits per heavy atom. The summed E-state index contributed by atoms with van der Waals surface area (Å²) in [6.45, 7) is 9.26. The third kappa shape index (κ3) is 29.0. The third-order valence-electron chi connectivity index (χ3n) is 11.2. The Labute approximate surface area is 308 Å². The molecule has 1 saturated carbocycles. The standard InChI is InChI=1S/C48H86O/c1-5-7-9-11-13-15-17-19-21-23-25-27-29-31-33-35-38-45(42-48(49)47-41-37-40-46(43-47)44(3)4)39-36-34-32-30-28-26-24-22-20-18-16-14-12-10-8-6-2/h13-16,19-22,44-47H,5-12,17-18,23-43H2,1-4H3/b15-13-,16-14-,21-19-,22-20-. The molecule has 0 N–H and O–H groups in total. The molecular formula is C48H86O. The maximum absolute atomic E-state index is 13.5. The van der Waals surface area contributed by atoms with Gasteiger partial charge < -0.3 is 0 Å². The number of ketones is 1. The number of Topliss-reactive ketones (excluding diaryl/α,β-unsaturated/α-hetero) is 1. The van der Waals surface area contributed by atoms with Crippen molar-refractivity contribution in [2.45, 2.75) is 227 Å². The van der Waals surface area contributed by atoms with Crippen LogP contribution in [0.3, 0.4) is 0 Å². The molecule has 0 aromatic rings. The van der Waals surface area contributed by atoms with Crippen LogP contribution in [0.5, 0.6) is 0 Å². The van der Waals surface area contributed by atoms with E-state index in [0.29, 0.717) is 17.6 Å². The molecule has 0 aliphatic heterocycles. The fraction of sp³-hybridized carbons (Fsp3) is 0.812. The lowest BCUT2D eigenvalue weighted by Crippen LogP contribution is -2.27. The van der Waals surface area contributed by atoms with Crippen molar-refractivity contribution in [2.75, 3.05) is 0 Å². The van der Waals surface area contributed by atoms with E-state index >= 15 is 0 Å². The Bertz CT molecular complexity index is 780. The van der Waals surface area contributed by atoms with Crippen LogP contribution in [0.2, 0.25) is 0 Å². The molecule has 0 saturated heterocycles. The van der Waals surface area contributed by atoms with E-state index in [4.69, 9.17) is 0 Å². The molecule has 0 radical (unpaired) electrons. The van der Waals surface area contributed by atoms with Gasteiger partial charge in [0.1, 0.15) is 5.78 Å². The number of carbonyl (C=O) groups excluding carboxylic acids is 1. The highest BCUT2D eigenvalue weighted by Crippen LogP contribution is 2.36. The van der Waals surface area contributed by atoms with Crippen LogP contribution in [0, 0.1) is 23.7 Å². The minimum absolute atomic E-state index is 0.357. The fourth-order valence-corrected chi connectivity index (χ4v) is 7.77. The van der Waals surface area contributed by atoms with E-state index in [1.54, 1.807) is 0 Å². The molecule has 1 heteroatoms. The first kappa shape index (κ1) is 45.7. The van der Waals surface area contributed by atoms with Crippen LogP contribution in [0.4, 0.5) is 0 Å². The van der Waals surface area contributed by atoms with Crippen LogP contribution in [0.1, 0.15) is 227 Å². The summed E-state index contributed by atoms with van der Waals surface area (Å²) in [4.78, 5) is 13.5. The molecule has 2 atom stereocenters. The predicted octanol–water partition coefficient (Wildman–Crippen LogP) is 16.4. The fourth-order valence-electron chi connectivity index (χ4n) is 7.77. The van der Waals surface area contributed by atoms with Crippen molar-refractivity contribution < 1.29 is 4.79 Å². The highest BCUT2D eigenvalue weighted by molar-refractivity contribution is 5.81. The molecule has 0 amide bonds. The maximum atomic E-state index is 13.5. The molecule has 1 fully saturated rings. The van der Waals surface area contributed by atoms with Crippen LogP contribution in [0.25, 0.3) is 0 Å². The summed E-state index contributed by atoms with van der Waals surface area (Å²) in [6, 6.07) is 0. The van der Waals surface area contributed by atoms with Crippen LogP contribution < -0.4 is 0 Å². The molecule has 1 aliphatic rings. The van der Waals surface area contributed by atoms with Crippen molar-refractivity contribution in [3.05, 3.63) is 48.6 Å². The molecular weight excluding hydrogens is 593 g/mol. The monoisotopic (exact) mass is 679 g/mol. The molecule has 1 nitrogen and oxygen atoms in total. The van der Waals surface area contributed by atoms with E-state index in [9.17, 15) is 4.79 Å². The molecule has 284 valence electrons. The lowest BCUT2D eigenvalue weighted by molar-refractivity contribution is -0.125. The zero-order valence-corrected chi connectivity index (χ0v) is 33.8. The van der Waals surface area contributed by atoms with Crippen LogP contribution in [-0.4, -0.2) is 5.78 Å². The Kier molecular flexibility index (Phi) is 32.7. The average Bonchev–Trinajstić information content (AvgIpc) is 3.11. The van der Waals surface area contributed by atoms with Gasteiger partial charge in [0.15, 0.2) is 0 Å². The second-order valence-corrected chi connectivity index (χ2v) is 16.2. The number of unbranched alkanes of at least 4 members (excludes halogenated alkanes) is 18. The van der Waals surface area contributed by atoms with Gasteiger partial charge in [0.2, 0.25) is 0 Å². The second-order valence-electron chi connectivity index (χ2n) is 16.2. The summed E-state index contributed by atoms with van der Waals surface area (Å²) in [5.74, 6) is 3.10. The highest BCUT2D eigenvalue weighted by atomic mass is 16.1. The van der Waals surface area contributed by atoms with Crippen molar-refractivity contribution in [3.8, 4) is 0 Å². The molecule has 0 aromatic carbocycles. The van der Waals surface area contributed by atoms with Gasteiger partial charge in [-0.05, 0) is 94.8 Å². The third-order valence-corrected chi connectivity index (χ3v) is 11.2. The number of rotatable bonds is 34. The first-order chi connectivity index (χ1) is 24.1. The molecule has 0 heterocycles. The highest BCUT2D eigenvalue weighted by Gasteiger charge is 2.29. The summed E-state index contributed by atoms with van der Waals surface area (Å²) in [5, 5.41) is 0. The Morgan fingerprint density at radius 1 is 0.531 bits per heavy atom. The van der Waals surface area contributed by atoms with Gasteiger partial charge in [0.25, 0.3) is 0 Å². The predicted molar refractivity (Wildman–Crippen MR) is 221 cm³/mol. The van der Waals surface area contributed by atoms with Gasteiger partial charge >= 0.3 is 0 Å². The SMILES string of the molecule is CCCCC/C=C\C/C=C\CCCCCCCCC(CCCCCCCC/C=C\C/C=C\CCCCC)CC(=O)C1CCCC(C(C)C)C1. The van der Waals surface area contributed by atoms with Gasteiger partial charge in [0.05, 0.1) is 0 Å². The number of carbonyl (C=O) groups is 1. The largest absolute Gasteiger partial charge is 0.299 e. The minimum Gasteiger partial charge on any atom is -0.299 e. The topological polar surface area (TPSA) is 17.1 Å². The van der Waals surface area contributed by atoms with E-state index in [0.717, 1.165) is 37.5 Å². The Hall–Kier alpha value is -1.37. The summed E-state index contributed by atoms with van der Waals surface area (Å²) >= 11 is 0. The molecule has 1 rings (SSSR count). The molecule has 2 unspecified atom stereocenters. The van der Waals surface area contributed by atoms with Crippen molar-refractivity contribution in [2.24, 2.45) is 23.7 Å². The van der Waals surface area contributed by atoms with Gasteiger partial charge in [-0.15, -0.1) is 0 Å². The van der Waals surface area contributed by atoms with E-state index in [2.05, 4.69) is 76.3 Å². The van der Waals surface area contributed by atoms with Gasteiger partial charge in [-0.3, -0.25) is 4.79 Å². The number of hydrogen-bond donors (Lipinski definition) is 0. The van der Waals surface area contributed by atoms with Crippen LogP contribution >= 0.6 is 0 Å². The van der Waals surface area contributed by atoms with Crippen molar-refractivity contribution in [1.82, 2.24) is 0 Å². The number of allylic oxidation sites excluding steroid dienone is 8. The Balaban J connectivity index is 2.25. The normalized spacial score (nSPS) is 17.3. The smallest absolute Gasteiger partial charge is 0.136 e. The van der Waals surface area contributed by atoms with Crippen LogP contribution in [0.15, 0.2) is 48.6 Å². The molecule has 0 spiro atoms. The van der Waals surface area contributed by atoms with E-state index < -0.39 is 0 Å². The molecule has 0 aromatic heterocycles. The summed E-state index contributed by atoms with van der Waals surface area (Å²) in [7, 11) is 0. The van der Waals surface area contributed by atoms with Gasteiger partial charge in [-0.25, -0.2) is 0 Å². The summed E-state index contributed by atoms with van der Waals surface area (Å²) in [6.07, 6.45) is 58.6. The van der Waals surface area contributed by atoms with Gasteiger partial charge in [0, 0.05) is 12.3 Å². The van der Waals surface area contributed by atoms with Gasteiger partial charge in [-0.2, -0.15) is 0 Å². The lowest BCUT2D eigenvalue weighted by atomic mass is 9.73. The first-order valence-electron chi connectivity index (χ1n) is 22.2. The summed E-state index contributed by atoms with van der Waals surface area (Å²) in [5.41, 5.74) is 0. The van der Waals surface area contributed by atoms with E-state index in [1.165, 1.54) is 173 Å². The number of hydrogen-bond acceptors (Lipinski definition) is 1.